The first-order valence-electron chi connectivity index (χ1n) is 7.35. The summed E-state index contributed by atoms with van der Waals surface area (Å²) in [7, 11) is 0. The van der Waals surface area contributed by atoms with Crippen molar-refractivity contribution in [3.8, 4) is 0 Å². The first kappa shape index (κ1) is 15.3. The predicted octanol–water partition coefficient (Wildman–Crippen LogP) is 0.890. The molecule has 114 valence electrons. The zero-order valence-corrected chi connectivity index (χ0v) is 12.6. The first-order chi connectivity index (χ1) is 10.1. The highest BCUT2D eigenvalue weighted by Gasteiger charge is 2.19. The van der Waals surface area contributed by atoms with Gasteiger partial charge in [-0.2, -0.15) is 0 Å². The second kappa shape index (κ2) is 7.06. The van der Waals surface area contributed by atoms with Crippen molar-refractivity contribution in [1.82, 2.24) is 15.2 Å². The molecule has 1 aromatic heterocycles. The van der Waals surface area contributed by atoms with E-state index in [9.17, 15) is 9.59 Å². The molecule has 0 spiro atoms. The summed E-state index contributed by atoms with van der Waals surface area (Å²) in [5.41, 5.74) is 1.51. The molecule has 1 aliphatic rings. The Hall–Kier alpha value is -2.11. The smallest absolute Gasteiger partial charge is 0.252 e. The number of anilines is 1. The number of rotatable bonds is 4. The van der Waals surface area contributed by atoms with E-state index in [0.717, 1.165) is 25.2 Å². The lowest BCUT2D eigenvalue weighted by Crippen LogP contribution is -2.48. The summed E-state index contributed by atoms with van der Waals surface area (Å²) in [4.78, 5) is 31.4. The van der Waals surface area contributed by atoms with Gasteiger partial charge in [-0.25, -0.2) is 0 Å². The summed E-state index contributed by atoms with van der Waals surface area (Å²) in [6, 6.07) is 1.86. The Morgan fingerprint density at radius 1 is 1.24 bits per heavy atom. The van der Waals surface area contributed by atoms with Crippen LogP contribution in [0.1, 0.15) is 30.6 Å². The van der Waals surface area contributed by atoms with Crippen LogP contribution < -0.4 is 10.2 Å². The quantitative estimate of drug-likeness (QED) is 0.894. The number of hydrogen-bond acceptors (Lipinski definition) is 4. The summed E-state index contributed by atoms with van der Waals surface area (Å²) in [6.07, 6.45) is 4.26. The van der Waals surface area contributed by atoms with Gasteiger partial charge in [0.15, 0.2) is 0 Å². The SMILES string of the molecule is CCCNC(=O)c1cncc(N2CCN(C(C)=O)CC2)c1. The highest BCUT2D eigenvalue weighted by atomic mass is 16.2. The van der Waals surface area contributed by atoms with Crippen molar-refractivity contribution < 1.29 is 9.59 Å². The van der Waals surface area contributed by atoms with Crippen LogP contribution >= 0.6 is 0 Å². The Balaban J connectivity index is 2.01. The van der Waals surface area contributed by atoms with Crippen molar-refractivity contribution in [2.24, 2.45) is 0 Å². The molecule has 1 aliphatic heterocycles. The number of hydrogen-bond donors (Lipinski definition) is 1. The molecule has 1 N–H and O–H groups in total. The van der Waals surface area contributed by atoms with Gasteiger partial charge in [0, 0.05) is 45.8 Å². The Labute approximate surface area is 125 Å². The normalized spacial score (nSPS) is 15.0. The Morgan fingerprint density at radius 3 is 2.57 bits per heavy atom. The van der Waals surface area contributed by atoms with Gasteiger partial charge in [-0.05, 0) is 12.5 Å². The van der Waals surface area contributed by atoms with Crippen molar-refractivity contribution in [2.75, 3.05) is 37.6 Å². The molecule has 2 heterocycles. The molecule has 21 heavy (non-hydrogen) atoms. The van der Waals surface area contributed by atoms with Crippen LogP contribution in [0.2, 0.25) is 0 Å². The highest BCUT2D eigenvalue weighted by molar-refractivity contribution is 5.94. The van der Waals surface area contributed by atoms with Crippen LogP contribution in [0.4, 0.5) is 5.69 Å². The maximum atomic E-state index is 12.0. The minimum atomic E-state index is -0.0893. The van der Waals surface area contributed by atoms with Crippen LogP contribution in [0.5, 0.6) is 0 Å². The number of aromatic nitrogens is 1. The van der Waals surface area contributed by atoms with Gasteiger partial charge in [-0.15, -0.1) is 0 Å². The van der Waals surface area contributed by atoms with Gasteiger partial charge in [0.1, 0.15) is 0 Å². The summed E-state index contributed by atoms with van der Waals surface area (Å²) >= 11 is 0. The number of nitrogens with one attached hydrogen (secondary N) is 1. The van der Waals surface area contributed by atoms with Gasteiger partial charge in [0.05, 0.1) is 17.4 Å². The fraction of sp³-hybridized carbons (Fsp3) is 0.533. The monoisotopic (exact) mass is 290 g/mol. The molecule has 0 unspecified atom stereocenters. The number of piperazine rings is 1. The molecule has 0 aromatic carbocycles. The molecule has 1 fully saturated rings. The van der Waals surface area contributed by atoms with E-state index < -0.39 is 0 Å². The number of carbonyl (C=O) groups is 2. The summed E-state index contributed by atoms with van der Waals surface area (Å²) < 4.78 is 0. The average molecular weight is 290 g/mol. The standard InChI is InChI=1S/C15H22N4O2/c1-3-4-17-15(21)13-9-14(11-16-10-13)19-7-5-18(6-8-19)12(2)20/h9-11H,3-8H2,1-2H3,(H,17,21). The molecule has 0 radical (unpaired) electrons. The second-order valence-electron chi connectivity index (χ2n) is 5.18. The van der Waals surface area contributed by atoms with E-state index in [2.05, 4.69) is 15.2 Å². The zero-order chi connectivity index (χ0) is 15.2. The van der Waals surface area contributed by atoms with E-state index in [-0.39, 0.29) is 11.8 Å². The maximum absolute atomic E-state index is 12.0. The molecule has 0 atom stereocenters. The Kier molecular flexibility index (Phi) is 5.14. The molecule has 6 nitrogen and oxygen atoms in total. The molecule has 2 amide bonds. The Bertz CT molecular complexity index is 510. The molecular weight excluding hydrogens is 268 g/mol. The average Bonchev–Trinajstić information content (AvgIpc) is 2.52. The third-order valence-corrected chi connectivity index (χ3v) is 3.61. The van der Waals surface area contributed by atoms with Crippen LogP contribution in [-0.2, 0) is 4.79 Å². The summed E-state index contributed by atoms with van der Waals surface area (Å²) in [5, 5.41) is 2.85. The molecule has 0 saturated carbocycles. The van der Waals surface area contributed by atoms with Gasteiger partial charge in [-0.1, -0.05) is 6.92 Å². The third-order valence-electron chi connectivity index (χ3n) is 3.61. The second-order valence-corrected chi connectivity index (χ2v) is 5.18. The minimum Gasteiger partial charge on any atom is -0.367 e. The van der Waals surface area contributed by atoms with E-state index in [1.807, 2.05) is 17.9 Å². The maximum Gasteiger partial charge on any atom is 0.252 e. The van der Waals surface area contributed by atoms with Crippen LogP contribution in [0.25, 0.3) is 0 Å². The highest BCUT2D eigenvalue weighted by Crippen LogP contribution is 2.17. The molecule has 6 heteroatoms. The fourth-order valence-corrected chi connectivity index (χ4v) is 2.35. The van der Waals surface area contributed by atoms with Crippen LogP contribution in [0.3, 0.4) is 0 Å². The molecule has 0 aliphatic carbocycles. The molecule has 1 aromatic rings. The summed E-state index contributed by atoms with van der Waals surface area (Å²) in [6.45, 7) is 7.23. The van der Waals surface area contributed by atoms with Gasteiger partial charge in [0.2, 0.25) is 5.91 Å². The van der Waals surface area contributed by atoms with Crippen LogP contribution in [-0.4, -0.2) is 54.4 Å². The van der Waals surface area contributed by atoms with Crippen molar-refractivity contribution in [3.63, 3.8) is 0 Å². The lowest BCUT2D eigenvalue weighted by Gasteiger charge is -2.35. The number of amides is 2. The van der Waals surface area contributed by atoms with Crippen LogP contribution in [0.15, 0.2) is 18.5 Å². The zero-order valence-electron chi connectivity index (χ0n) is 12.6. The van der Waals surface area contributed by atoms with E-state index in [1.165, 1.54) is 0 Å². The first-order valence-corrected chi connectivity index (χ1v) is 7.35. The van der Waals surface area contributed by atoms with Crippen molar-refractivity contribution in [3.05, 3.63) is 24.0 Å². The largest absolute Gasteiger partial charge is 0.367 e. The van der Waals surface area contributed by atoms with Crippen molar-refractivity contribution >= 4 is 17.5 Å². The van der Waals surface area contributed by atoms with Gasteiger partial charge >= 0.3 is 0 Å². The molecule has 0 bridgehead atoms. The van der Waals surface area contributed by atoms with Gasteiger partial charge < -0.3 is 15.1 Å². The van der Waals surface area contributed by atoms with Gasteiger partial charge in [-0.3, -0.25) is 14.6 Å². The summed E-state index contributed by atoms with van der Waals surface area (Å²) in [5.74, 6) is 0.0223. The van der Waals surface area contributed by atoms with E-state index in [1.54, 1.807) is 19.3 Å². The van der Waals surface area contributed by atoms with Crippen molar-refractivity contribution in [2.45, 2.75) is 20.3 Å². The molecule has 2 rings (SSSR count). The number of carbonyl (C=O) groups excluding carboxylic acids is 2. The number of nitrogens with zero attached hydrogens (tertiary/aromatic N) is 3. The van der Waals surface area contributed by atoms with Crippen molar-refractivity contribution in [1.29, 1.82) is 0 Å². The Morgan fingerprint density at radius 2 is 1.95 bits per heavy atom. The van der Waals surface area contributed by atoms with E-state index in [0.29, 0.717) is 25.2 Å². The fourth-order valence-electron chi connectivity index (χ4n) is 2.35. The lowest BCUT2D eigenvalue weighted by molar-refractivity contribution is -0.129. The minimum absolute atomic E-state index is 0.0893. The van der Waals surface area contributed by atoms with Gasteiger partial charge in [0.25, 0.3) is 5.91 Å². The van der Waals surface area contributed by atoms with Crippen LogP contribution in [0, 0.1) is 0 Å². The predicted molar refractivity (Wildman–Crippen MR) is 81.3 cm³/mol. The van der Waals surface area contributed by atoms with E-state index >= 15 is 0 Å². The topological polar surface area (TPSA) is 65.5 Å². The van der Waals surface area contributed by atoms with E-state index in [4.69, 9.17) is 0 Å². The lowest BCUT2D eigenvalue weighted by atomic mass is 10.2. The third kappa shape index (κ3) is 3.93. The number of pyridine rings is 1. The molecular formula is C15H22N4O2. The molecule has 1 saturated heterocycles.